The van der Waals surface area contributed by atoms with Crippen LogP contribution in [0.4, 0.5) is 4.79 Å². The number of carbonyl (C=O) groups excluding carboxylic acids is 2. The van der Waals surface area contributed by atoms with Crippen LogP contribution in [0.5, 0.6) is 0 Å². The lowest BCUT2D eigenvalue weighted by Gasteiger charge is -2.32. The van der Waals surface area contributed by atoms with Gasteiger partial charge in [-0.25, -0.2) is 9.69 Å². The second kappa shape index (κ2) is 4.82. The topological polar surface area (TPSA) is 49.9 Å². The number of piperazine rings is 1. The average molecular weight is 226 g/mol. The Morgan fingerprint density at radius 1 is 1.44 bits per heavy atom. The van der Waals surface area contributed by atoms with Gasteiger partial charge in [0.2, 0.25) is 5.91 Å². The van der Waals surface area contributed by atoms with Crippen LogP contribution in [-0.4, -0.2) is 54.6 Å². The number of imide groups is 1. The van der Waals surface area contributed by atoms with E-state index in [1.807, 2.05) is 0 Å². The van der Waals surface area contributed by atoms with Crippen molar-refractivity contribution in [1.82, 2.24) is 9.80 Å². The van der Waals surface area contributed by atoms with Crippen LogP contribution in [0, 0.1) is 5.92 Å². The molecule has 2 fully saturated rings. The van der Waals surface area contributed by atoms with Crippen molar-refractivity contribution in [3.63, 3.8) is 0 Å². The summed E-state index contributed by atoms with van der Waals surface area (Å²) >= 11 is 0. The minimum absolute atomic E-state index is 0.134. The average Bonchev–Trinajstić information content (AvgIpc) is 3.02. The summed E-state index contributed by atoms with van der Waals surface area (Å²) in [7, 11) is 0. The van der Waals surface area contributed by atoms with Gasteiger partial charge in [-0.1, -0.05) is 0 Å². The molecular weight excluding hydrogens is 208 g/mol. The minimum Gasteiger partial charge on any atom is -0.449 e. The van der Waals surface area contributed by atoms with Crippen molar-refractivity contribution in [2.24, 2.45) is 5.92 Å². The zero-order chi connectivity index (χ0) is 11.5. The number of ether oxygens (including phenoxy) is 1. The van der Waals surface area contributed by atoms with Gasteiger partial charge >= 0.3 is 6.09 Å². The molecular formula is C11H18N2O3. The van der Waals surface area contributed by atoms with E-state index in [9.17, 15) is 9.59 Å². The van der Waals surface area contributed by atoms with Gasteiger partial charge in [0.15, 0.2) is 0 Å². The highest BCUT2D eigenvalue weighted by atomic mass is 16.6. The van der Waals surface area contributed by atoms with E-state index in [0.29, 0.717) is 19.7 Å². The molecule has 0 radical (unpaired) electrons. The normalized spacial score (nSPS) is 22.3. The molecule has 1 saturated carbocycles. The lowest BCUT2D eigenvalue weighted by Crippen LogP contribution is -2.53. The smallest absolute Gasteiger partial charge is 0.416 e. The van der Waals surface area contributed by atoms with Gasteiger partial charge in [0.25, 0.3) is 0 Å². The van der Waals surface area contributed by atoms with Crippen LogP contribution in [0.1, 0.15) is 19.8 Å². The van der Waals surface area contributed by atoms with Crippen molar-refractivity contribution in [2.75, 3.05) is 32.8 Å². The van der Waals surface area contributed by atoms with E-state index in [0.717, 1.165) is 19.0 Å². The van der Waals surface area contributed by atoms with Gasteiger partial charge in [0.1, 0.15) is 0 Å². The molecule has 90 valence electrons. The molecule has 0 N–H and O–H groups in total. The summed E-state index contributed by atoms with van der Waals surface area (Å²) < 4.78 is 4.83. The Hall–Kier alpha value is -1.10. The van der Waals surface area contributed by atoms with E-state index in [1.54, 1.807) is 6.92 Å². The largest absolute Gasteiger partial charge is 0.449 e. The van der Waals surface area contributed by atoms with Gasteiger partial charge in [-0.05, 0) is 25.7 Å². The molecule has 2 amide bonds. The number of rotatable bonds is 3. The van der Waals surface area contributed by atoms with Gasteiger partial charge in [-0.2, -0.15) is 0 Å². The Balaban J connectivity index is 1.81. The Labute approximate surface area is 95.3 Å². The second-order valence-corrected chi connectivity index (χ2v) is 4.42. The molecule has 0 aromatic carbocycles. The summed E-state index contributed by atoms with van der Waals surface area (Å²) in [6, 6.07) is 0. The number of carbonyl (C=O) groups is 2. The molecule has 2 rings (SSSR count). The SMILES string of the molecule is CCOC(=O)N1CCN(CC2CC2)CC1=O. The summed E-state index contributed by atoms with van der Waals surface area (Å²) in [5.74, 6) is 0.646. The fraction of sp³-hybridized carbons (Fsp3) is 0.818. The third-order valence-electron chi connectivity index (χ3n) is 3.00. The Morgan fingerprint density at radius 3 is 2.75 bits per heavy atom. The maximum atomic E-state index is 11.7. The maximum Gasteiger partial charge on any atom is 0.416 e. The van der Waals surface area contributed by atoms with Gasteiger partial charge in [-0.3, -0.25) is 9.69 Å². The minimum atomic E-state index is -0.501. The Kier molecular flexibility index (Phi) is 3.43. The summed E-state index contributed by atoms with van der Waals surface area (Å²) in [6.45, 7) is 4.66. The molecule has 0 bridgehead atoms. The highest BCUT2D eigenvalue weighted by Gasteiger charge is 2.32. The van der Waals surface area contributed by atoms with E-state index >= 15 is 0 Å². The molecule has 2 aliphatic rings. The summed E-state index contributed by atoms with van der Waals surface area (Å²) in [6.07, 6.45) is 2.07. The quantitative estimate of drug-likeness (QED) is 0.710. The van der Waals surface area contributed by atoms with Crippen LogP contribution in [0.2, 0.25) is 0 Å². The lowest BCUT2D eigenvalue weighted by atomic mass is 10.3. The zero-order valence-corrected chi connectivity index (χ0v) is 9.65. The van der Waals surface area contributed by atoms with Crippen molar-refractivity contribution in [3.8, 4) is 0 Å². The van der Waals surface area contributed by atoms with Gasteiger partial charge in [0.05, 0.1) is 13.2 Å². The van der Waals surface area contributed by atoms with Gasteiger partial charge in [-0.15, -0.1) is 0 Å². The monoisotopic (exact) mass is 226 g/mol. The van der Waals surface area contributed by atoms with Crippen molar-refractivity contribution in [3.05, 3.63) is 0 Å². The zero-order valence-electron chi connectivity index (χ0n) is 9.65. The molecule has 1 aliphatic heterocycles. The molecule has 0 unspecified atom stereocenters. The molecule has 5 heteroatoms. The van der Waals surface area contributed by atoms with Crippen LogP contribution in [0.25, 0.3) is 0 Å². The molecule has 1 heterocycles. The standard InChI is InChI=1S/C11H18N2O3/c1-2-16-11(15)13-6-5-12(8-10(13)14)7-9-3-4-9/h9H,2-8H2,1H3. The van der Waals surface area contributed by atoms with E-state index in [4.69, 9.17) is 4.74 Å². The fourth-order valence-electron chi connectivity index (χ4n) is 1.94. The molecule has 0 aromatic rings. The molecule has 0 atom stereocenters. The first-order valence-electron chi connectivity index (χ1n) is 5.90. The number of nitrogens with zero attached hydrogens (tertiary/aromatic N) is 2. The van der Waals surface area contributed by atoms with Gasteiger partial charge in [0, 0.05) is 19.6 Å². The molecule has 1 saturated heterocycles. The van der Waals surface area contributed by atoms with E-state index in [1.165, 1.54) is 17.7 Å². The third-order valence-corrected chi connectivity index (χ3v) is 3.00. The first-order valence-corrected chi connectivity index (χ1v) is 5.90. The van der Waals surface area contributed by atoms with Crippen LogP contribution in [0.15, 0.2) is 0 Å². The number of hydrogen-bond acceptors (Lipinski definition) is 4. The predicted molar refractivity (Wildman–Crippen MR) is 57.9 cm³/mol. The van der Waals surface area contributed by atoms with E-state index in [2.05, 4.69) is 4.90 Å². The lowest BCUT2D eigenvalue weighted by molar-refractivity contribution is -0.134. The predicted octanol–water partition coefficient (Wildman–Crippen LogP) is 0.697. The number of hydrogen-bond donors (Lipinski definition) is 0. The maximum absolute atomic E-state index is 11.7. The Bertz CT molecular complexity index is 289. The fourth-order valence-corrected chi connectivity index (χ4v) is 1.94. The highest BCUT2D eigenvalue weighted by Crippen LogP contribution is 2.29. The Morgan fingerprint density at radius 2 is 2.19 bits per heavy atom. The van der Waals surface area contributed by atoms with E-state index in [-0.39, 0.29) is 5.91 Å². The van der Waals surface area contributed by atoms with Gasteiger partial charge < -0.3 is 4.74 Å². The summed E-state index contributed by atoms with van der Waals surface area (Å²) in [5.41, 5.74) is 0. The van der Waals surface area contributed by atoms with Crippen molar-refractivity contribution in [1.29, 1.82) is 0 Å². The molecule has 16 heavy (non-hydrogen) atoms. The second-order valence-electron chi connectivity index (χ2n) is 4.42. The summed E-state index contributed by atoms with van der Waals surface area (Å²) in [5, 5.41) is 0. The third kappa shape index (κ3) is 2.72. The van der Waals surface area contributed by atoms with Crippen molar-refractivity contribution in [2.45, 2.75) is 19.8 Å². The summed E-state index contributed by atoms with van der Waals surface area (Å²) in [4.78, 5) is 26.5. The van der Waals surface area contributed by atoms with Crippen LogP contribution < -0.4 is 0 Å². The molecule has 1 aliphatic carbocycles. The van der Waals surface area contributed by atoms with Crippen molar-refractivity contribution < 1.29 is 14.3 Å². The van der Waals surface area contributed by atoms with Crippen LogP contribution >= 0.6 is 0 Å². The highest BCUT2D eigenvalue weighted by molar-refractivity contribution is 5.93. The molecule has 5 nitrogen and oxygen atoms in total. The first-order chi connectivity index (χ1) is 7.70. The molecule has 0 aromatic heterocycles. The molecule has 0 spiro atoms. The van der Waals surface area contributed by atoms with Crippen molar-refractivity contribution >= 4 is 12.0 Å². The van der Waals surface area contributed by atoms with E-state index < -0.39 is 6.09 Å². The number of amides is 2. The first kappa shape index (κ1) is 11.4. The van der Waals surface area contributed by atoms with Crippen LogP contribution in [0.3, 0.4) is 0 Å². The van der Waals surface area contributed by atoms with Crippen LogP contribution in [-0.2, 0) is 9.53 Å².